The van der Waals surface area contributed by atoms with Crippen LogP contribution in [0, 0.1) is 35.5 Å². The molecule has 11 nitrogen and oxygen atoms in total. The monoisotopic (exact) mass is 1010 g/mol. The molecule has 12 rings (SSSR count). The van der Waals surface area contributed by atoms with Gasteiger partial charge in [-0.1, -0.05) is 103 Å². The van der Waals surface area contributed by atoms with Gasteiger partial charge in [-0.15, -0.1) is 5.92 Å². The maximum Gasteiger partial charge on any atom is 0.340 e. The number of carbonyl (C=O) groups excluding carboxylic acids is 2. The zero-order valence-electron chi connectivity index (χ0n) is 42.8. The van der Waals surface area contributed by atoms with Crippen LogP contribution in [-0.4, -0.2) is 65.9 Å². The summed E-state index contributed by atoms with van der Waals surface area (Å²) in [4.78, 5) is 45.5. The minimum atomic E-state index is -1.31. The van der Waals surface area contributed by atoms with Crippen molar-refractivity contribution in [1.82, 2.24) is 0 Å². The second-order valence-corrected chi connectivity index (χ2v) is 21.9. The molecule has 0 radical (unpaired) electrons. The van der Waals surface area contributed by atoms with Crippen LogP contribution in [0.4, 0.5) is 0 Å². The molecule has 7 aliphatic rings. The average Bonchev–Trinajstić information content (AvgIpc) is 3.42. The number of allylic oxidation sites excluding steroid dienone is 2. The van der Waals surface area contributed by atoms with Crippen molar-refractivity contribution in [2.24, 2.45) is 23.7 Å². The van der Waals surface area contributed by atoms with Crippen LogP contribution in [0.2, 0.25) is 0 Å². The van der Waals surface area contributed by atoms with Gasteiger partial charge >= 0.3 is 17.6 Å². The Bertz CT molecular complexity index is 3100. The number of hydrogen-bond acceptors (Lipinski definition) is 11. The summed E-state index contributed by atoms with van der Waals surface area (Å²) in [7, 11) is 1.51. The van der Waals surface area contributed by atoms with Gasteiger partial charge in [0.25, 0.3) is 0 Å². The molecule has 1 aromatic heterocycles. The Morgan fingerprint density at radius 1 is 0.827 bits per heavy atom. The lowest BCUT2D eigenvalue weighted by atomic mass is 9.56. The fourth-order valence-corrected chi connectivity index (χ4v) is 14.1. The van der Waals surface area contributed by atoms with Gasteiger partial charge in [0.2, 0.25) is 0 Å². The van der Waals surface area contributed by atoms with Crippen molar-refractivity contribution in [2.75, 3.05) is 26.9 Å². The third-order valence-corrected chi connectivity index (χ3v) is 17.7. The van der Waals surface area contributed by atoms with E-state index in [2.05, 4.69) is 96.8 Å². The van der Waals surface area contributed by atoms with Crippen LogP contribution in [0.15, 0.2) is 124 Å². The van der Waals surface area contributed by atoms with Gasteiger partial charge in [-0.05, 0) is 134 Å². The minimum Gasteiger partial charge on any atom is -0.482 e. The Hall–Kier alpha value is -6.29. The highest BCUT2D eigenvalue weighted by Gasteiger charge is 2.63. The van der Waals surface area contributed by atoms with E-state index in [1.54, 1.807) is 12.1 Å². The number of esters is 2. The van der Waals surface area contributed by atoms with Gasteiger partial charge in [-0.2, -0.15) is 0 Å². The number of ether oxygens (including phenoxy) is 4. The molecule has 0 unspecified atom stereocenters. The van der Waals surface area contributed by atoms with Crippen LogP contribution in [0.1, 0.15) is 145 Å². The number of methoxy groups -OCH3 is 1. The van der Waals surface area contributed by atoms with Crippen LogP contribution in [-0.2, 0) is 43.2 Å². The SMILES string of the molecule is COC[C@@H](CCO)c1c(CO)c2ccc3c(c2oc1=O)[C@H]1OC(=O)C[C@H]2C[C@@H](c4cccc(Cc5ccccc5)c4)C=C[C@H]2c2ccc(cc2)CC/C2=C(/CO)CCC#C[C@H]4CCC[C@H]5[C@@H]4CCC[C@@]5(O3)[C@H]1OC2=O. The van der Waals surface area contributed by atoms with Crippen LogP contribution in [0.25, 0.3) is 11.0 Å². The van der Waals surface area contributed by atoms with Crippen LogP contribution >= 0.6 is 0 Å². The molecule has 8 bridgehead atoms. The van der Waals surface area contributed by atoms with Gasteiger partial charge in [-0.3, -0.25) is 4.79 Å². The average molecular weight is 1010 g/mol. The molecule has 10 atom stereocenters. The van der Waals surface area contributed by atoms with Gasteiger partial charge < -0.3 is 38.7 Å². The molecule has 390 valence electrons. The van der Waals surface area contributed by atoms with Crippen molar-refractivity contribution in [3.8, 4) is 17.6 Å². The first-order valence-electron chi connectivity index (χ1n) is 27.3. The van der Waals surface area contributed by atoms with E-state index in [0.717, 1.165) is 49.7 Å². The first-order valence-corrected chi connectivity index (χ1v) is 27.3. The number of aryl methyl sites for hydroxylation is 1. The van der Waals surface area contributed by atoms with Crippen LogP contribution in [0.5, 0.6) is 5.75 Å². The van der Waals surface area contributed by atoms with Crippen molar-refractivity contribution in [2.45, 2.75) is 132 Å². The van der Waals surface area contributed by atoms with Gasteiger partial charge in [0.05, 0.1) is 25.4 Å². The van der Waals surface area contributed by atoms with Crippen molar-refractivity contribution < 1.29 is 48.3 Å². The molecular formula is C64H68O11. The fourth-order valence-electron chi connectivity index (χ4n) is 14.1. The molecule has 3 N–H and O–H groups in total. The quantitative estimate of drug-likeness (QED) is 0.0528. The zero-order valence-corrected chi connectivity index (χ0v) is 42.8. The minimum absolute atomic E-state index is 0.0209. The van der Waals surface area contributed by atoms with Gasteiger partial charge in [0.1, 0.15) is 11.3 Å². The summed E-state index contributed by atoms with van der Waals surface area (Å²) in [6, 6.07) is 31.2. The molecule has 11 heteroatoms. The van der Waals surface area contributed by atoms with E-state index >= 15 is 9.59 Å². The molecule has 3 aliphatic carbocycles. The largest absolute Gasteiger partial charge is 0.482 e. The zero-order chi connectivity index (χ0) is 51.6. The standard InChI is InChI=1S/C64H68O11/c1-71-38-47(29-31-65)57-53(37-67)52-27-28-55-58(59(52)73-63(57)70)60-61-64(75-55)30-9-17-50-42(15-8-18-54(50)64)13-5-6-14-46(36-66)51(62(69)74-61)25-21-39-19-22-43(23-20-39)49-26-24-45(34-48(49)35-56(68)72-60)44-16-7-12-41(33-44)32-40-10-3-2-4-11-40/h2-4,7,10-12,16,19-20,22-24,26-28,33,42,45,47-50,54,60-61,65-67H,6,8-9,14-15,17-18,21,25,29-32,34-38H2,1H3/b51-46-/t42-,45-,47+,48+,49-,50+,54-,60+,61-,64-/m0/s1. The maximum absolute atomic E-state index is 15.5. The second kappa shape index (κ2) is 22.1. The molecule has 5 aromatic rings. The summed E-state index contributed by atoms with van der Waals surface area (Å²) >= 11 is 0. The predicted octanol–water partition coefficient (Wildman–Crippen LogP) is 10.4. The van der Waals surface area contributed by atoms with Gasteiger partial charge in [0, 0.05) is 72.7 Å². The highest BCUT2D eigenvalue weighted by molar-refractivity contribution is 5.91. The molecular weight excluding hydrogens is 945 g/mol. The molecule has 0 saturated heterocycles. The molecule has 4 aliphatic heterocycles. The number of fused-ring (bicyclic) bond motifs is 8. The van der Waals surface area contributed by atoms with E-state index in [4.69, 9.17) is 23.4 Å². The maximum atomic E-state index is 15.5. The highest BCUT2D eigenvalue weighted by Crippen LogP contribution is 2.59. The summed E-state index contributed by atoms with van der Waals surface area (Å²) in [6.07, 6.45) is 10.1. The summed E-state index contributed by atoms with van der Waals surface area (Å²) < 4.78 is 33.5. The van der Waals surface area contributed by atoms with E-state index in [-0.39, 0.29) is 91.3 Å². The van der Waals surface area contributed by atoms with E-state index in [1.165, 1.54) is 23.8 Å². The first kappa shape index (κ1) is 50.8. The van der Waals surface area contributed by atoms with E-state index in [9.17, 15) is 20.1 Å². The Morgan fingerprint density at radius 2 is 1.67 bits per heavy atom. The van der Waals surface area contributed by atoms with Crippen molar-refractivity contribution in [3.63, 3.8) is 0 Å². The number of rotatable bonds is 10. The van der Waals surface area contributed by atoms with Crippen molar-refractivity contribution >= 4 is 22.9 Å². The molecule has 1 spiro atoms. The molecule has 75 heavy (non-hydrogen) atoms. The molecule has 4 aromatic carbocycles. The smallest absolute Gasteiger partial charge is 0.340 e. The van der Waals surface area contributed by atoms with Gasteiger partial charge in [-0.25, -0.2) is 9.59 Å². The molecule has 5 heterocycles. The number of aliphatic hydroxyl groups excluding tert-OH is 3. The predicted molar refractivity (Wildman–Crippen MR) is 284 cm³/mol. The number of benzene rings is 4. The Kier molecular flexibility index (Phi) is 15.0. The third kappa shape index (κ3) is 9.92. The van der Waals surface area contributed by atoms with Crippen molar-refractivity contribution in [1.29, 1.82) is 0 Å². The Morgan fingerprint density at radius 3 is 2.47 bits per heavy atom. The summed E-state index contributed by atoms with van der Waals surface area (Å²) in [5.74, 6) is 5.49. The number of aliphatic hydroxyl groups is 3. The van der Waals surface area contributed by atoms with E-state index in [0.29, 0.717) is 59.9 Å². The van der Waals surface area contributed by atoms with E-state index in [1.807, 2.05) is 6.07 Å². The normalized spacial score (nSPS) is 28.7. The van der Waals surface area contributed by atoms with E-state index < -0.39 is 47.9 Å². The summed E-state index contributed by atoms with van der Waals surface area (Å²) in [5, 5.41) is 32.7. The first-order chi connectivity index (χ1) is 36.7. The van der Waals surface area contributed by atoms with Crippen LogP contribution in [0.3, 0.4) is 0 Å². The molecule has 2 fully saturated rings. The Balaban J connectivity index is 1.08. The summed E-state index contributed by atoms with van der Waals surface area (Å²) in [6.45, 7) is -1.02. The highest BCUT2D eigenvalue weighted by atomic mass is 16.6. The van der Waals surface area contributed by atoms with Gasteiger partial charge in [0.15, 0.2) is 17.8 Å². The molecule has 2 saturated carbocycles. The number of hydrogen-bond donors (Lipinski definition) is 3. The topological polar surface area (TPSA) is 162 Å². The third-order valence-electron chi connectivity index (χ3n) is 17.7. The Labute approximate surface area is 438 Å². The van der Waals surface area contributed by atoms with Crippen molar-refractivity contribution in [3.05, 3.63) is 169 Å². The number of carbonyl (C=O) groups is 2. The lowest BCUT2D eigenvalue weighted by Gasteiger charge is -2.56. The fraction of sp³-hybridized carbons (Fsp3) is 0.453. The molecule has 0 amide bonds. The summed E-state index contributed by atoms with van der Waals surface area (Å²) in [5.41, 5.74) is 5.52. The van der Waals surface area contributed by atoms with Crippen LogP contribution < -0.4 is 10.4 Å². The lowest BCUT2D eigenvalue weighted by molar-refractivity contribution is -0.218. The lowest BCUT2D eigenvalue weighted by Crippen LogP contribution is -2.64. The second-order valence-electron chi connectivity index (χ2n) is 21.9.